The number of amides is 1. The minimum atomic E-state index is -0.702. The molecule has 1 aliphatic carbocycles. The van der Waals surface area contributed by atoms with Gasteiger partial charge in [0.25, 0.3) is 5.22 Å². The smallest absolute Gasteiger partial charge is 0.277 e. The third-order valence-electron chi connectivity index (χ3n) is 3.89. The summed E-state index contributed by atoms with van der Waals surface area (Å²) < 4.78 is 6.45. The van der Waals surface area contributed by atoms with Gasteiger partial charge < -0.3 is 9.73 Å². The van der Waals surface area contributed by atoms with Gasteiger partial charge in [0.1, 0.15) is 5.54 Å². The molecule has 1 amide bonds. The molecule has 1 saturated carbocycles. The molecule has 24 heavy (non-hydrogen) atoms. The summed E-state index contributed by atoms with van der Waals surface area (Å²) in [6.07, 6.45) is 3.37. The van der Waals surface area contributed by atoms with Crippen LogP contribution in [0.5, 0.6) is 0 Å². The van der Waals surface area contributed by atoms with Crippen molar-refractivity contribution in [2.75, 3.05) is 5.75 Å². The molecule has 124 valence electrons. The van der Waals surface area contributed by atoms with Crippen LogP contribution < -0.4 is 5.32 Å². The van der Waals surface area contributed by atoms with Crippen molar-refractivity contribution in [3.8, 4) is 17.5 Å². The lowest BCUT2D eigenvalue weighted by molar-refractivity contribution is -0.119. The number of nitrogens with zero attached hydrogens (tertiary/aromatic N) is 3. The number of nitriles is 1. The van der Waals surface area contributed by atoms with Crippen LogP contribution in [0.4, 0.5) is 0 Å². The summed E-state index contributed by atoms with van der Waals surface area (Å²) in [5, 5.41) is 20.4. The van der Waals surface area contributed by atoms with Crippen molar-refractivity contribution in [3.05, 3.63) is 28.7 Å². The lowest BCUT2D eigenvalue weighted by Crippen LogP contribution is -2.45. The lowest BCUT2D eigenvalue weighted by atomic mass is 10.0. The lowest BCUT2D eigenvalue weighted by Gasteiger charge is -2.21. The van der Waals surface area contributed by atoms with E-state index in [0.29, 0.717) is 24.0 Å². The minimum Gasteiger partial charge on any atom is -0.411 e. The van der Waals surface area contributed by atoms with Crippen LogP contribution in [0.3, 0.4) is 0 Å². The highest BCUT2D eigenvalue weighted by Gasteiger charge is 2.35. The number of hydrogen-bond acceptors (Lipinski definition) is 6. The van der Waals surface area contributed by atoms with Gasteiger partial charge >= 0.3 is 0 Å². The largest absolute Gasteiger partial charge is 0.411 e. The highest BCUT2D eigenvalue weighted by Crippen LogP contribution is 2.30. The van der Waals surface area contributed by atoms with Crippen molar-refractivity contribution in [3.63, 3.8) is 0 Å². The molecule has 3 rings (SSSR count). The van der Waals surface area contributed by atoms with Gasteiger partial charge in [0.05, 0.1) is 17.4 Å². The monoisotopic (exact) mass is 406 g/mol. The average Bonchev–Trinajstić information content (AvgIpc) is 3.23. The van der Waals surface area contributed by atoms with Crippen LogP contribution >= 0.6 is 27.7 Å². The van der Waals surface area contributed by atoms with Gasteiger partial charge in [-0.2, -0.15) is 5.26 Å². The Morgan fingerprint density at radius 1 is 1.38 bits per heavy atom. The Morgan fingerprint density at radius 3 is 2.83 bits per heavy atom. The summed E-state index contributed by atoms with van der Waals surface area (Å²) in [7, 11) is 0. The van der Waals surface area contributed by atoms with E-state index in [4.69, 9.17) is 4.42 Å². The molecule has 0 unspecified atom stereocenters. The number of carbonyl (C=O) groups excluding carboxylic acids is 1. The van der Waals surface area contributed by atoms with E-state index in [9.17, 15) is 10.1 Å². The SMILES string of the molecule is N#CC1(NC(=O)CSc2nnc(-c3ccccc3Br)o2)CCCC1. The van der Waals surface area contributed by atoms with Crippen molar-refractivity contribution in [2.45, 2.75) is 36.4 Å². The number of benzene rings is 1. The Kier molecular flexibility index (Phi) is 5.21. The Labute approximate surface area is 152 Å². The molecule has 2 aromatic rings. The quantitative estimate of drug-likeness (QED) is 0.763. The highest BCUT2D eigenvalue weighted by atomic mass is 79.9. The zero-order chi connectivity index (χ0) is 17.0. The number of carbonyl (C=O) groups is 1. The van der Waals surface area contributed by atoms with Gasteiger partial charge in [-0.1, -0.05) is 23.9 Å². The first-order valence-electron chi connectivity index (χ1n) is 7.55. The summed E-state index contributed by atoms with van der Waals surface area (Å²) in [5.74, 6) is 0.347. The first kappa shape index (κ1) is 17.0. The zero-order valence-electron chi connectivity index (χ0n) is 12.8. The third kappa shape index (κ3) is 3.79. The summed E-state index contributed by atoms with van der Waals surface area (Å²) in [4.78, 5) is 12.1. The molecule has 0 spiro atoms. The van der Waals surface area contributed by atoms with E-state index in [-0.39, 0.29) is 11.7 Å². The molecule has 0 aliphatic heterocycles. The van der Waals surface area contributed by atoms with E-state index in [1.54, 1.807) is 0 Å². The van der Waals surface area contributed by atoms with E-state index in [2.05, 4.69) is 37.5 Å². The third-order valence-corrected chi connectivity index (χ3v) is 5.40. The van der Waals surface area contributed by atoms with Crippen LogP contribution in [-0.2, 0) is 4.79 Å². The van der Waals surface area contributed by atoms with Gasteiger partial charge in [-0.05, 0) is 53.7 Å². The highest BCUT2D eigenvalue weighted by molar-refractivity contribution is 9.10. The minimum absolute atomic E-state index is 0.140. The van der Waals surface area contributed by atoms with Crippen LogP contribution in [0.15, 0.2) is 38.4 Å². The fraction of sp³-hybridized carbons (Fsp3) is 0.375. The van der Waals surface area contributed by atoms with Crippen molar-refractivity contribution < 1.29 is 9.21 Å². The van der Waals surface area contributed by atoms with Crippen molar-refractivity contribution in [2.24, 2.45) is 0 Å². The van der Waals surface area contributed by atoms with Gasteiger partial charge in [-0.15, -0.1) is 10.2 Å². The molecule has 1 fully saturated rings. The molecule has 1 aromatic heterocycles. The molecule has 0 radical (unpaired) electrons. The van der Waals surface area contributed by atoms with E-state index in [0.717, 1.165) is 22.9 Å². The maximum Gasteiger partial charge on any atom is 0.277 e. The molecule has 0 atom stereocenters. The fourth-order valence-electron chi connectivity index (χ4n) is 2.69. The molecule has 1 aromatic carbocycles. The molecular formula is C16H15BrN4O2S. The number of hydrogen-bond donors (Lipinski definition) is 1. The van der Waals surface area contributed by atoms with Crippen LogP contribution in [-0.4, -0.2) is 27.4 Å². The molecule has 6 nitrogen and oxygen atoms in total. The summed E-state index contributed by atoms with van der Waals surface area (Å²) in [6, 6.07) is 9.79. The molecule has 1 N–H and O–H groups in total. The van der Waals surface area contributed by atoms with E-state index in [1.165, 1.54) is 11.8 Å². The second-order valence-corrected chi connectivity index (χ2v) is 7.37. The molecule has 1 heterocycles. The number of aromatic nitrogens is 2. The topological polar surface area (TPSA) is 91.8 Å². The van der Waals surface area contributed by atoms with Gasteiger partial charge in [0.15, 0.2) is 0 Å². The van der Waals surface area contributed by atoms with E-state index < -0.39 is 5.54 Å². The van der Waals surface area contributed by atoms with Crippen molar-refractivity contribution in [1.29, 1.82) is 5.26 Å². The Morgan fingerprint density at radius 2 is 2.12 bits per heavy atom. The van der Waals surface area contributed by atoms with Crippen LogP contribution in [0, 0.1) is 11.3 Å². The average molecular weight is 407 g/mol. The Hall–Kier alpha value is -1.85. The second-order valence-electron chi connectivity index (χ2n) is 5.59. The number of rotatable bonds is 5. The Balaban J connectivity index is 1.59. The van der Waals surface area contributed by atoms with Gasteiger partial charge in [-0.3, -0.25) is 4.79 Å². The molecule has 0 bridgehead atoms. The van der Waals surface area contributed by atoms with Crippen molar-refractivity contribution >= 4 is 33.6 Å². The zero-order valence-corrected chi connectivity index (χ0v) is 15.2. The maximum atomic E-state index is 12.1. The molecule has 8 heteroatoms. The first-order chi connectivity index (χ1) is 11.6. The number of halogens is 1. The first-order valence-corrected chi connectivity index (χ1v) is 9.33. The van der Waals surface area contributed by atoms with Crippen LogP contribution in [0.25, 0.3) is 11.5 Å². The van der Waals surface area contributed by atoms with E-state index >= 15 is 0 Å². The fourth-order valence-corrected chi connectivity index (χ4v) is 3.70. The molecule has 0 saturated heterocycles. The second kappa shape index (κ2) is 7.36. The van der Waals surface area contributed by atoms with Gasteiger partial charge in [0.2, 0.25) is 11.8 Å². The summed E-state index contributed by atoms with van der Waals surface area (Å²) in [5.41, 5.74) is 0.0997. The molecular weight excluding hydrogens is 392 g/mol. The molecule has 1 aliphatic rings. The van der Waals surface area contributed by atoms with Gasteiger partial charge in [-0.25, -0.2) is 0 Å². The summed E-state index contributed by atoms with van der Waals surface area (Å²) >= 11 is 4.60. The predicted molar refractivity (Wildman–Crippen MR) is 93.1 cm³/mol. The normalized spacial score (nSPS) is 15.8. The van der Waals surface area contributed by atoms with E-state index in [1.807, 2.05) is 24.3 Å². The summed E-state index contributed by atoms with van der Waals surface area (Å²) in [6.45, 7) is 0. The standard InChI is InChI=1S/C16H15BrN4O2S/c17-12-6-2-1-5-11(12)14-20-21-15(23-14)24-9-13(22)19-16(10-18)7-3-4-8-16/h1-2,5-6H,3-4,7-9H2,(H,19,22). The van der Waals surface area contributed by atoms with Crippen molar-refractivity contribution in [1.82, 2.24) is 15.5 Å². The number of nitrogens with one attached hydrogen (secondary N) is 1. The van der Waals surface area contributed by atoms with Crippen LogP contribution in [0.1, 0.15) is 25.7 Å². The predicted octanol–water partition coefficient (Wildman–Crippen LogP) is 3.54. The number of thioether (sulfide) groups is 1. The maximum absolute atomic E-state index is 12.1. The Bertz CT molecular complexity index is 780. The van der Waals surface area contributed by atoms with Crippen LogP contribution in [0.2, 0.25) is 0 Å². The van der Waals surface area contributed by atoms with Gasteiger partial charge in [0, 0.05) is 4.47 Å².